The number of rotatable bonds is 3. The summed E-state index contributed by atoms with van der Waals surface area (Å²) in [5.41, 5.74) is 4.63. The van der Waals surface area contributed by atoms with E-state index < -0.39 is 0 Å². The highest BCUT2D eigenvalue weighted by Crippen LogP contribution is 2.21. The van der Waals surface area contributed by atoms with Gasteiger partial charge in [-0.05, 0) is 31.2 Å². The van der Waals surface area contributed by atoms with Crippen LogP contribution in [0, 0.1) is 6.92 Å². The lowest BCUT2D eigenvalue weighted by atomic mass is 10.1. The summed E-state index contributed by atoms with van der Waals surface area (Å²) in [6.07, 6.45) is 1.43. The van der Waals surface area contributed by atoms with Crippen LogP contribution in [0.3, 0.4) is 0 Å². The van der Waals surface area contributed by atoms with Crippen LogP contribution < -0.4 is 5.43 Å². The number of carbonyl (C=O) groups is 1. The summed E-state index contributed by atoms with van der Waals surface area (Å²) in [6, 6.07) is 12.4. The molecule has 102 valence electrons. The molecule has 0 unspecified atom stereocenters. The first-order valence-electron chi connectivity index (χ1n) is 5.92. The number of hydrogen-bond acceptors (Lipinski definition) is 2. The normalized spacial score (nSPS) is 10.8. The first-order valence-corrected chi connectivity index (χ1v) is 6.67. The predicted molar refractivity (Wildman–Crippen MR) is 82.7 cm³/mol. The van der Waals surface area contributed by atoms with Gasteiger partial charge in [-0.3, -0.25) is 4.79 Å². The van der Waals surface area contributed by atoms with Crippen molar-refractivity contribution >= 4 is 35.3 Å². The summed E-state index contributed by atoms with van der Waals surface area (Å²) >= 11 is 12.0. The van der Waals surface area contributed by atoms with Crippen molar-refractivity contribution in [3.8, 4) is 0 Å². The maximum atomic E-state index is 11.8. The third-order valence-electron chi connectivity index (χ3n) is 2.67. The van der Waals surface area contributed by atoms with Gasteiger partial charge in [0.2, 0.25) is 0 Å². The van der Waals surface area contributed by atoms with E-state index in [4.69, 9.17) is 23.2 Å². The van der Waals surface area contributed by atoms with Crippen molar-refractivity contribution in [3.05, 3.63) is 69.2 Å². The molecule has 1 N–H and O–H groups in total. The number of halogens is 2. The lowest BCUT2D eigenvalue weighted by Crippen LogP contribution is -2.17. The molecule has 0 aliphatic carbocycles. The molecule has 5 heteroatoms. The van der Waals surface area contributed by atoms with E-state index in [-0.39, 0.29) is 5.91 Å². The molecule has 0 saturated heterocycles. The van der Waals surface area contributed by atoms with Crippen LogP contribution in [0.2, 0.25) is 10.0 Å². The maximum Gasteiger partial charge on any atom is 0.271 e. The molecular weight excluding hydrogens is 295 g/mol. The highest BCUT2D eigenvalue weighted by Gasteiger charge is 2.04. The van der Waals surface area contributed by atoms with Crippen LogP contribution in [-0.2, 0) is 0 Å². The van der Waals surface area contributed by atoms with Crippen LogP contribution in [0.1, 0.15) is 21.5 Å². The van der Waals surface area contributed by atoms with Gasteiger partial charge in [-0.2, -0.15) is 5.10 Å². The molecule has 0 radical (unpaired) electrons. The summed E-state index contributed by atoms with van der Waals surface area (Å²) in [6.45, 7) is 1.96. The van der Waals surface area contributed by atoms with Gasteiger partial charge in [-0.1, -0.05) is 47.0 Å². The van der Waals surface area contributed by atoms with Crippen molar-refractivity contribution in [2.24, 2.45) is 5.10 Å². The van der Waals surface area contributed by atoms with Crippen LogP contribution in [0.5, 0.6) is 0 Å². The van der Waals surface area contributed by atoms with Gasteiger partial charge in [0.05, 0.1) is 16.3 Å². The molecule has 0 spiro atoms. The van der Waals surface area contributed by atoms with E-state index >= 15 is 0 Å². The Kier molecular flexibility index (Phi) is 4.77. The number of hydrazone groups is 1. The van der Waals surface area contributed by atoms with Gasteiger partial charge in [0.15, 0.2) is 0 Å². The quantitative estimate of drug-likeness (QED) is 0.674. The van der Waals surface area contributed by atoms with Crippen LogP contribution in [0.25, 0.3) is 0 Å². The summed E-state index contributed by atoms with van der Waals surface area (Å²) < 4.78 is 0. The van der Waals surface area contributed by atoms with E-state index in [0.717, 1.165) is 5.56 Å². The van der Waals surface area contributed by atoms with Gasteiger partial charge in [-0.25, -0.2) is 5.43 Å². The fraction of sp³-hybridized carbons (Fsp3) is 0.0667. The average Bonchev–Trinajstić information content (AvgIpc) is 2.42. The molecule has 0 saturated carbocycles. The van der Waals surface area contributed by atoms with Crippen molar-refractivity contribution in [2.45, 2.75) is 6.92 Å². The molecule has 0 atom stereocenters. The molecule has 2 rings (SSSR count). The highest BCUT2D eigenvalue weighted by atomic mass is 35.5. The van der Waals surface area contributed by atoms with E-state index in [1.807, 2.05) is 19.1 Å². The Labute approximate surface area is 127 Å². The standard InChI is InChI=1S/C15H12Cl2N2O/c1-10-5-7-11(8-6-10)15(20)19-18-9-12-13(16)3-2-4-14(12)17/h2-9H,1H3,(H,19,20). The number of carbonyl (C=O) groups excluding carboxylic acids is 1. The smallest absolute Gasteiger partial charge is 0.267 e. The second kappa shape index (κ2) is 6.55. The average molecular weight is 307 g/mol. The van der Waals surface area contributed by atoms with Crippen molar-refractivity contribution in [1.29, 1.82) is 0 Å². The monoisotopic (exact) mass is 306 g/mol. The predicted octanol–water partition coefficient (Wildman–Crippen LogP) is 4.07. The van der Waals surface area contributed by atoms with Gasteiger partial charge < -0.3 is 0 Å². The lowest BCUT2D eigenvalue weighted by molar-refractivity contribution is 0.0955. The molecule has 2 aromatic carbocycles. The van der Waals surface area contributed by atoms with Gasteiger partial charge in [0.25, 0.3) is 5.91 Å². The Balaban J connectivity index is 2.06. The molecule has 0 aromatic heterocycles. The lowest BCUT2D eigenvalue weighted by Gasteiger charge is -2.02. The highest BCUT2D eigenvalue weighted by molar-refractivity contribution is 6.38. The van der Waals surface area contributed by atoms with Crippen LogP contribution in [0.4, 0.5) is 0 Å². The molecule has 0 aliphatic heterocycles. The van der Waals surface area contributed by atoms with Crippen molar-refractivity contribution in [2.75, 3.05) is 0 Å². The number of amides is 1. The summed E-state index contributed by atoms with van der Waals surface area (Å²) in [4.78, 5) is 11.8. The Morgan fingerprint density at radius 1 is 1.10 bits per heavy atom. The Morgan fingerprint density at radius 3 is 2.30 bits per heavy atom. The molecule has 2 aromatic rings. The first-order chi connectivity index (χ1) is 9.58. The van der Waals surface area contributed by atoms with E-state index in [0.29, 0.717) is 21.2 Å². The largest absolute Gasteiger partial charge is 0.271 e. The van der Waals surface area contributed by atoms with Crippen molar-refractivity contribution in [3.63, 3.8) is 0 Å². The zero-order valence-electron chi connectivity index (χ0n) is 10.7. The Morgan fingerprint density at radius 2 is 1.70 bits per heavy atom. The van der Waals surface area contributed by atoms with Crippen LogP contribution in [-0.4, -0.2) is 12.1 Å². The van der Waals surface area contributed by atoms with E-state index in [1.165, 1.54) is 6.21 Å². The molecule has 0 heterocycles. The van der Waals surface area contributed by atoms with Crippen molar-refractivity contribution in [1.82, 2.24) is 5.43 Å². The van der Waals surface area contributed by atoms with Gasteiger partial charge >= 0.3 is 0 Å². The molecule has 0 fully saturated rings. The number of nitrogens with one attached hydrogen (secondary N) is 1. The van der Waals surface area contributed by atoms with E-state index in [2.05, 4.69) is 10.5 Å². The maximum absolute atomic E-state index is 11.8. The summed E-state index contributed by atoms with van der Waals surface area (Å²) in [5.74, 6) is -0.288. The third kappa shape index (κ3) is 3.59. The molecule has 3 nitrogen and oxygen atoms in total. The molecule has 0 bridgehead atoms. The van der Waals surface area contributed by atoms with E-state index in [1.54, 1.807) is 30.3 Å². The number of nitrogens with zero attached hydrogens (tertiary/aromatic N) is 1. The fourth-order valence-electron chi connectivity index (χ4n) is 1.56. The second-order valence-corrected chi connectivity index (χ2v) is 5.01. The Hall–Kier alpha value is -1.84. The first kappa shape index (κ1) is 14.6. The van der Waals surface area contributed by atoms with Crippen molar-refractivity contribution < 1.29 is 4.79 Å². The van der Waals surface area contributed by atoms with Crippen LogP contribution in [0.15, 0.2) is 47.6 Å². The molecule has 1 amide bonds. The van der Waals surface area contributed by atoms with Gasteiger partial charge in [-0.15, -0.1) is 0 Å². The number of benzene rings is 2. The number of hydrogen-bond donors (Lipinski definition) is 1. The van der Waals surface area contributed by atoms with Gasteiger partial charge in [0.1, 0.15) is 0 Å². The topological polar surface area (TPSA) is 41.5 Å². The zero-order chi connectivity index (χ0) is 14.5. The zero-order valence-corrected chi connectivity index (χ0v) is 12.2. The fourth-order valence-corrected chi connectivity index (χ4v) is 2.05. The molecule has 0 aliphatic rings. The molecule has 20 heavy (non-hydrogen) atoms. The summed E-state index contributed by atoms with van der Waals surface area (Å²) in [5, 5.41) is 4.82. The minimum atomic E-state index is -0.288. The third-order valence-corrected chi connectivity index (χ3v) is 3.33. The SMILES string of the molecule is Cc1ccc(C(=O)NN=Cc2c(Cl)cccc2Cl)cc1. The van der Waals surface area contributed by atoms with E-state index in [9.17, 15) is 4.79 Å². The van der Waals surface area contributed by atoms with Crippen LogP contribution >= 0.6 is 23.2 Å². The Bertz CT molecular complexity index is 631. The minimum absolute atomic E-state index is 0.288. The van der Waals surface area contributed by atoms with Gasteiger partial charge in [0, 0.05) is 11.1 Å². The minimum Gasteiger partial charge on any atom is -0.267 e. The molecular formula is C15H12Cl2N2O. The second-order valence-electron chi connectivity index (χ2n) is 4.20. The number of aryl methyl sites for hydroxylation is 1. The summed E-state index contributed by atoms with van der Waals surface area (Å²) in [7, 11) is 0.